The standard InChI is InChI=1S/C12H13ClO3/c1-8(2)16-12(15)11(14)7-9-4-3-5-10(13)6-9/h3-6,8H,7H2,1-2H3. The molecule has 0 atom stereocenters. The number of ketones is 1. The number of hydrogen-bond acceptors (Lipinski definition) is 3. The SMILES string of the molecule is CC(C)OC(=O)C(=O)Cc1cccc(Cl)c1. The number of esters is 1. The zero-order valence-electron chi connectivity index (χ0n) is 9.20. The smallest absolute Gasteiger partial charge is 0.375 e. The summed E-state index contributed by atoms with van der Waals surface area (Å²) in [5.41, 5.74) is 0.707. The lowest BCUT2D eigenvalue weighted by atomic mass is 10.1. The molecule has 3 nitrogen and oxygen atoms in total. The van der Waals surface area contributed by atoms with E-state index >= 15 is 0 Å². The van der Waals surface area contributed by atoms with Gasteiger partial charge in [-0.15, -0.1) is 0 Å². The molecule has 0 bridgehead atoms. The van der Waals surface area contributed by atoms with Gasteiger partial charge in [0.15, 0.2) is 0 Å². The molecule has 0 saturated carbocycles. The summed E-state index contributed by atoms with van der Waals surface area (Å²) in [6, 6.07) is 6.84. The fourth-order valence-electron chi connectivity index (χ4n) is 1.18. The van der Waals surface area contributed by atoms with Crippen molar-refractivity contribution in [2.75, 3.05) is 0 Å². The number of halogens is 1. The third-order valence-corrected chi connectivity index (χ3v) is 2.06. The van der Waals surface area contributed by atoms with Crippen LogP contribution in [0.25, 0.3) is 0 Å². The fourth-order valence-corrected chi connectivity index (χ4v) is 1.40. The first-order valence-electron chi connectivity index (χ1n) is 4.97. The molecule has 1 aromatic rings. The van der Waals surface area contributed by atoms with Crippen molar-refractivity contribution in [3.63, 3.8) is 0 Å². The molecule has 4 heteroatoms. The molecule has 0 aliphatic carbocycles. The lowest BCUT2D eigenvalue weighted by Gasteiger charge is -2.06. The van der Waals surface area contributed by atoms with E-state index in [4.69, 9.17) is 16.3 Å². The topological polar surface area (TPSA) is 43.4 Å². The van der Waals surface area contributed by atoms with Crippen LogP contribution in [0.15, 0.2) is 24.3 Å². The Bertz CT molecular complexity index is 399. The summed E-state index contributed by atoms with van der Waals surface area (Å²) in [5, 5.41) is 0.544. The molecule has 0 heterocycles. The predicted octanol–water partition coefficient (Wildman–Crippen LogP) is 2.40. The van der Waals surface area contributed by atoms with Crippen LogP contribution in [-0.2, 0) is 20.7 Å². The van der Waals surface area contributed by atoms with Gasteiger partial charge in [-0.2, -0.15) is 0 Å². The second kappa shape index (κ2) is 5.66. The predicted molar refractivity (Wildman–Crippen MR) is 61.4 cm³/mol. The Morgan fingerprint density at radius 1 is 1.38 bits per heavy atom. The highest BCUT2D eigenvalue weighted by Gasteiger charge is 2.17. The van der Waals surface area contributed by atoms with E-state index in [0.29, 0.717) is 10.6 Å². The van der Waals surface area contributed by atoms with Crippen molar-refractivity contribution in [2.24, 2.45) is 0 Å². The highest BCUT2D eigenvalue weighted by molar-refractivity contribution is 6.34. The van der Waals surface area contributed by atoms with E-state index in [1.807, 2.05) is 0 Å². The molecule has 0 fully saturated rings. The maximum Gasteiger partial charge on any atom is 0.375 e. The van der Waals surface area contributed by atoms with Gasteiger partial charge in [0.25, 0.3) is 0 Å². The summed E-state index contributed by atoms with van der Waals surface area (Å²) in [5.74, 6) is -1.36. The summed E-state index contributed by atoms with van der Waals surface area (Å²) >= 11 is 5.76. The molecule has 0 radical (unpaired) electrons. The molecule has 0 spiro atoms. The van der Waals surface area contributed by atoms with Gasteiger partial charge in [0.2, 0.25) is 5.78 Å². The lowest BCUT2D eigenvalue weighted by molar-refractivity contribution is -0.156. The Morgan fingerprint density at radius 2 is 2.06 bits per heavy atom. The minimum Gasteiger partial charge on any atom is -0.457 e. The van der Waals surface area contributed by atoms with Crippen molar-refractivity contribution in [3.05, 3.63) is 34.9 Å². The fraction of sp³-hybridized carbons (Fsp3) is 0.333. The number of carbonyl (C=O) groups is 2. The molecule has 16 heavy (non-hydrogen) atoms. The summed E-state index contributed by atoms with van der Waals surface area (Å²) in [6.07, 6.45) is -0.262. The number of carbonyl (C=O) groups excluding carboxylic acids is 2. The van der Waals surface area contributed by atoms with Gasteiger partial charge in [-0.05, 0) is 31.5 Å². The molecular formula is C12H13ClO3. The van der Waals surface area contributed by atoms with E-state index in [0.717, 1.165) is 0 Å². The average molecular weight is 241 g/mol. The Balaban J connectivity index is 2.61. The second-order valence-corrected chi connectivity index (χ2v) is 4.12. The van der Waals surface area contributed by atoms with Gasteiger partial charge in [0, 0.05) is 11.4 Å². The molecule has 1 rings (SSSR count). The first kappa shape index (κ1) is 12.7. The number of hydrogen-bond donors (Lipinski definition) is 0. The van der Waals surface area contributed by atoms with E-state index in [9.17, 15) is 9.59 Å². The van der Waals surface area contributed by atoms with Gasteiger partial charge in [0.1, 0.15) is 0 Å². The molecule has 0 aliphatic rings. The first-order valence-corrected chi connectivity index (χ1v) is 5.35. The van der Waals surface area contributed by atoms with Crippen LogP contribution >= 0.6 is 11.6 Å². The molecule has 0 saturated heterocycles. The third-order valence-electron chi connectivity index (χ3n) is 1.82. The number of rotatable bonds is 4. The quantitative estimate of drug-likeness (QED) is 0.600. The zero-order valence-corrected chi connectivity index (χ0v) is 9.95. The summed E-state index contributed by atoms with van der Waals surface area (Å²) < 4.78 is 4.79. The van der Waals surface area contributed by atoms with Crippen LogP contribution in [0.3, 0.4) is 0 Å². The Hall–Kier alpha value is -1.35. The van der Waals surface area contributed by atoms with Crippen molar-refractivity contribution in [1.82, 2.24) is 0 Å². The normalized spacial score (nSPS) is 10.2. The third kappa shape index (κ3) is 4.03. The van der Waals surface area contributed by atoms with Crippen molar-refractivity contribution < 1.29 is 14.3 Å². The van der Waals surface area contributed by atoms with E-state index in [-0.39, 0.29) is 12.5 Å². The van der Waals surface area contributed by atoms with Crippen LogP contribution in [0.4, 0.5) is 0 Å². The van der Waals surface area contributed by atoms with Crippen LogP contribution in [-0.4, -0.2) is 17.9 Å². The molecule has 0 aromatic heterocycles. The van der Waals surface area contributed by atoms with E-state index in [1.54, 1.807) is 38.1 Å². The van der Waals surface area contributed by atoms with Crippen LogP contribution in [0.2, 0.25) is 5.02 Å². The van der Waals surface area contributed by atoms with Gasteiger partial charge in [-0.1, -0.05) is 23.7 Å². The maximum absolute atomic E-state index is 11.4. The maximum atomic E-state index is 11.4. The number of Topliss-reactive ketones (excluding diaryl/α,β-unsaturated/α-hetero) is 1. The molecule has 86 valence electrons. The Labute approximate surface area is 99.4 Å². The minimum absolute atomic E-state index is 0.0200. The number of ether oxygens (including phenoxy) is 1. The van der Waals surface area contributed by atoms with E-state index < -0.39 is 11.8 Å². The molecule has 0 N–H and O–H groups in total. The van der Waals surface area contributed by atoms with Gasteiger partial charge in [-0.25, -0.2) is 4.79 Å². The van der Waals surface area contributed by atoms with Gasteiger partial charge in [0.05, 0.1) is 6.10 Å². The van der Waals surface area contributed by atoms with Gasteiger partial charge in [-0.3, -0.25) is 4.79 Å². The summed E-state index contributed by atoms with van der Waals surface area (Å²) in [6.45, 7) is 3.40. The van der Waals surface area contributed by atoms with E-state index in [1.165, 1.54) is 0 Å². The van der Waals surface area contributed by atoms with Gasteiger partial charge >= 0.3 is 5.97 Å². The molecule has 1 aromatic carbocycles. The zero-order chi connectivity index (χ0) is 12.1. The molecule has 0 aliphatic heterocycles. The Morgan fingerprint density at radius 3 is 2.62 bits per heavy atom. The average Bonchev–Trinajstić information content (AvgIpc) is 2.16. The van der Waals surface area contributed by atoms with Crippen LogP contribution in [0, 0.1) is 0 Å². The Kier molecular flexibility index (Phi) is 4.50. The second-order valence-electron chi connectivity index (χ2n) is 3.68. The molecular weight excluding hydrogens is 228 g/mol. The van der Waals surface area contributed by atoms with Crippen molar-refractivity contribution in [3.8, 4) is 0 Å². The summed E-state index contributed by atoms with van der Waals surface area (Å²) in [7, 11) is 0. The largest absolute Gasteiger partial charge is 0.457 e. The van der Waals surface area contributed by atoms with Crippen LogP contribution in [0.5, 0.6) is 0 Å². The summed E-state index contributed by atoms with van der Waals surface area (Å²) in [4.78, 5) is 22.7. The number of benzene rings is 1. The van der Waals surface area contributed by atoms with Crippen LogP contribution < -0.4 is 0 Å². The van der Waals surface area contributed by atoms with Crippen molar-refractivity contribution in [1.29, 1.82) is 0 Å². The highest BCUT2D eigenvalue weighted by atomic mass is 35.5. The monoisotopic (exact) mass is 240 g/mol. The molecule has 0 amide bonds. The highest BCUT2D eigenvalue weighted by Crippen LogP contribution is 2.11. The molecule has 0 unspecified atom stereocenters. The van der Waals surface area contributed by atoms with Crippen molar-refractivity contribution >= 4 is 23.4 Å². The lowest BCUT2D eigenvalue weighted by Crippen LogP contribution is -2.22. The van der Waals surface area contributed by atoms with Crippen molar-refractivity contribution in [2.45, 2.75) is 26.4 Å². The minimum atomic E-state index is -0.796. The van der Waals surface area contributed by atoms with Gasteiger partial charge < -0.3 is 4.74 Å². The van der Waals surface area contributed by atoms with Crippen LogP contribution in [0.1, 0.15) is 19.4 Å². The first-order chi connectivity index (χ1) is 7.49. The van der Waals surface area contributed by atoms with E-state index in [2.05, 4.69) is 0 Å².